The van der Waals surface area contributed by atoms with Crippen molar-refractivity contribution in [3.63, 3.8) is 0 Å². The first-order valence-electron chi connectivity index (χ1n) is 3.99. The molecule has 14 heavy (non-hydrogen) atoms. The van der Waals surface area contributed by atoms with E-state index in [2.05, 4.69) is 11.4 Å². The highest BCUT2D eigenvalue weighted by Crippen LogP contribution is 2.46. The van der Waals surface area contributed by atoms with Gasteiger partial charge >= 0.3 is 0 Å². The second-order valence-electron chi connectivity index (χ2n) is 2.91. The maximum Gasteiger partial charge on any atom is 0.252 e. The molecule has 2 atom stereocenters. The molecule has 2 unspecified atom stereocenters. The molecular weight excluding hydrogens is 216 g/mol. The normalized spacial score (nSPS) is 26.0. The molecule has 1 aromatic carbocycles. The molecule has 0 spiro atoms. The van der Waals surface area contributed by atoms with Gasteiger partial charge in [-0.2, -0.15) is 5.26 Å². The Morgan fingerprint density at radius 2 is 2.29 bits per heavy atom. The van der Waals surface area contributed by atoms with E-state index in [-0.39, 0.29) is 0 Å². The van der Waals surface area contributed by atoms with Crippen molar-refractivity contribution < 1.29 is 4.21 Å². The number of para-hydroxylation sites is 1. The number of thioether (sulfide) groups is 1. The average molecular weight is 224 g/mol. The third-order valence-electron chi connectivity index (χ3n) is 1.99. The second-order valence-corrected chi connectivity index (χ2v) is 5.94. The second kappa shape index (κ2) is 3.30. The van der Waals surface area contributed by atoms with Crippen molar-refractivity contribution in [1.82, 2.24) is 0 Å². The molecule has 0 fully saturated rings. The number of nitrogens with one attached hydrogen (secondary N) is 1. The molecule has 0 saturated heterocycles. The van der Waals surface area contributed by atoms with Gasteiger partial charge in [-0.05, 0) is 12.1 Å². The molecule has 1 aliphatic rings. The summed E-state index contributed by atoms with van der Waals surface area (Å²) in [4.78, 5) is 0.976. The topological polar surface area (TPSA) is 52.9 Å². The summed E-state index contributed by atoms with van der Waals surface area (Å²) in [5.41, 5.74) is 0.884. The fourth-order valence-electron chi connectivity index (χ4n) is 1.26. The summed E-state index contributed by atoms with van der Waals surface area (Å²) in [6.07, 6.45) is 1.54. The Morgan fingerprint density at radius 1 is 1.57 bits per heavy atom. The first kappa shape index (κ1) is 9.56. The Hall–Kier alpha value is -0.990. The fourth-order valence-corrected chi connectivity index (χ4v) is 3.28. The smallest absolute Gasteiger partial charge is 0.252 e. The van der Waals surface area contributed by atoms with Crippen LogP contribution in [0.1, 0.15) is 0 Å². The van der Waals surface area contributed by atoms with E-state index in [4.69, 9.17) is 5.26 Å². The summed E-state index contributed by atoms with van der Waals surface area (Å²) < 4.78 is 10.5. The van der Waals surface area contributed by atoms with E-state index in [1.807, 2.05) is 24.3 Å². The number of hydrogen-bond donors (Lipinski definition) is 1. The van der Waals surface area contributed by atoms with Crippen LogP contribution in [0.15, 0.2) is 29.2 Å². The lowest BCUT2D eigenvalue weighted by Crippen LogP contribution is -2.33. The molecule has 5 heteroatoms. The predicted molar refractivity (Wildman–Crippen MR) is 58.3 cm³/mol. The number of nitriles is 1. The van der Waals surface area contributed by atoms with Crippen molar-refractivity contribution in [2.45, 2.75) is 9.10 Å². The van der Waals surface area contributed by atoms with Gasteiger partial charge in [0.25, 0.3) is 4.20 Å². The molecule has 0 saturated carbocycles. The molecule has 3 nitrogen and oxygen atoms in total. The van der Waals surface area contributed by atoms with E-state index in [0.29, 0.717) is 0 Å². The third kappa shape index (κ3) is 1.31. The Bertz CT molecular complexity index is 414. The van der Waals surface area contributed by atoms with Gasteiger partial charge in [-0.3, -0.25) is 4.21 Å². The van der Waals surface area contributed by atoms with Crippen molar-refractivity contribution in [2.24, 2.45) is 0 Å². The lowest BCUT2D eigenvalue weighted by Gasteiger charge is -2.16. The van der Waals surface area contributed by atoms with Crippen molar-refractivity contribution in [1.29, 1.82) is 5.26 Å². The molecule has 1 aliphatic heterocycles. The maximum absolute atomic E-state index is 11.5. The Morgan fingerprint density at radius 3 is 2.86 bits per heavy atom. The summed E-state index contributed by atoms with van der Waals surface area (Å²) in [5.74, 6) is 0. The minimum absolute atomic E-state index is 0.884. The highest BCUT2D eigenvalue weighted by Gasteiger charge is 2.41. The molecule has 0 aliphatic carbocycles. The minimum atomic E-state index is -1.24. The number of rotatable bonds is 1. The largest absolute Gasteiger partial charge is 0.347 e. The van der Waals surface area contributed by atoms with Crippen LogP contribution in [0.4, 0.5) is 5.69 Å². The van der Waals surface area contributed by atoms with Crippen LogP contribution in [-0.4, -0.2) is 14.7 Å². The Labute approximate surface area is 89.0 Å². The van der Waals surface area contributed by atoms with Gasteiger partial charge in [-0.1, -0.05) is 23.9 Å². The third-order valence-corrected chi connectivity index (χ3v) is 5.01. The van der Waals surface area contributed by atoms with E-state index >= 15 is 0 Å². The van der Waals surface area contributed by atoms with Crippen LogP contribution in [0.5, 0.6) is 0 Å². The summed E-state index contributed by atoms with van der Waals surface area (Å²) in [6, 6.07) is 9.66. The summed E-state index contributed by atoms with van der Waals surface area (Å²) in [6.45, 7) is 0. The SMILES string of the molecule is CS(=O)C1(C#N)Nc2ccccc2S1. The van der Waals surface area contributed by atoms with Gasteiger partial charge < -0.3 is 5.32 Å². The molecule has 2 rings (SSSR count). The predicted octanol–water partition coefficient (Wildman–Crippen LogP) is 1.76. The number of nitrogens with zero attached hydrogens (tertiary/aromatic N) is 1. The Kier molecular flexibility index (Phi) is 2.25. The van der Waals surface area contributed by atoms with Crippen LogP contribution in [0, 0.1) is 11.3 Å². The summed E-state index contributed by atoms with van der Waals surface area (Å²) in [5, 5.41) is 12.0. The first-order chi connectivity index (χ1) is 6.68. The van der Waals surface area contributed by atoms with E-state index in [1.54, 1.807) is 0 Å². The van der Waals surface area contributed by atoms with E-state index in [0.717, 1.165) is 10.6 Å². The number of anilines is 1. The Balaban J connectivity index is 2.44. The van der Waals surface area contributed by atoms with Crippen molar-refractivity contribution >= 4 is 28.2 Å². The molecule has 1 aromatic rings. The molecule has 1 N–H and O–H groups in total. The van der Waals surface area contributed by atoms with Gasteiger partial charge in [-0.25, -0.2) is 0 Å². The van der Waals surface area contributed by atoms with Crippen LogP contribution >= 0.6 is 11.8 Å². The van der Waals surface area contributed by atoms with Crippen LogP contribution in [0.3, 0.4) is 0 Å². The zero-order valence-electron chi connectivity index (χ0n) is 7.48. The molecule has 0 bridgehead atoms. The monoisotopic (exact) mass is 224 g/mol. The molecule has 72 valence electrons. The van der Waals surface area contributed by atoms with Gasteiger partial charge in [0.05, 0.1) is 16.5 Å². The lowest BCUT2D eigenvalue weighted by atomic mass is 10.3. The fraction of sp³-hybridized carbons (Fsp3) is 0.222. The van der Waals surface area contributed by atoms with Crippen LogP contribution < -0.4 is 5.32 Å². The van der Waals surface area contributed by atoms with Gasteiger partial charge in [0.1, 0.15) is 6.07 Å². The zero-order chi connectivity index (χ0) is 10.2. The van der Waals surface area contributed by atoms with E-state index < -0.39 is 15.0 Å². The van der Waals surface area contributed by atoms with E-state index in [9.17, 15) is 4.21 Å². The lowest BCUT2D eigenvalue weighted by molar-refractivity contribution is 0.682. The zero-order valence-corrected chi connectivity index (χ0v) is 9.11. The number of fused-ring (bicyclic) bond motifs is 1. The van der Waals surface area contributed by atoms with Crippen LogP contribution in [-0.2, 0) is 10.8 Å². The van der Waals surface area contributed by atoms with E-state index in [1.165, 1.54) is 18.0 Å². The quantitative estimate of drug-likeness (QED) is 0.789. The molecule has 0 radical (unpaired) electrons. The van der Waals surface area contributed by atoms with Crippen molar-refractivity contribution in [3.05, 3.63) is 24.3 Å². The summed E-state index contributed by atoms with van der Waals surface area (Å²) in [7, 11) is -1.24. The summed E-state index contributed by atoms with van der Waals surface area (Å²) >= 11 is 1.32. The van der Waals surface area contributed by atoms with Gasteiger partial charge in [0, 0.05) is 11.2 Å². The molecule has 0 aromatic heterocycles. The highest BCUT2D eigenvalue weighted by atomic mass is 32.2. The standard InChI is InChI=1S/C9H8N2OS2/c1-14(12)9(6-10)11-7-4-2-3-5-8(7)13-9/h2-5,11H,1H3. The van der Waals surface area contributed by atoms with Gasteiger partial charge in [-0.15, -0.1) is 0 Å². The molecular formula is C9H8N2OS2. The van der Waals surface area contributed by atoms with Crippen LogP contribution in [0.2, 0.25) is 0 Å². The van der Waals surface area contributed by atoms with Gasteiger partial charge in [0.15, 0.2) is 0 Å². The minimum Gasteiger partial charge on any atom is -0.347 e. The van der Waals surface area contributed by atoms with Crippen LogP contribution in [0.25, 0.3) is 0 Å². The average Bonchev–Trinajstić information content (AvgIpc) is 2.57. The van der Waals surface area contributed by atoms with Crippen molar-refractivity contribution in [2.75, 3.05) is 11.6 Å². The number of hydrogen-bond acceptors (Lipinski definition) is 4. The first-order valence-corrected chi connectivity index (χ1v) is 6.36. The van der Waals surface area contributed by atoms with Gasteiger partial charge in [0.2, 0.25) is 0 Å². The van der Waals surface area contributed by atoms with Crippen molar-refractivity contribution in [3.8, 4) is 6.07 Å². The number of benzene rings is 1. The molecule has 1 heterocycles. The maximum atomic E-state index is 11.5. The highest BCUT2D eigenvalue weighted by molar-refractivity contribution is 8.13. The molecule has 0 amide bonds.